The van der Waals surface area contributed by atoms with Crippen LogP contribution in [0.2, 0.25) is 0 Å². The van der Waals surface area contributed by atoms with Crippen LogP contribution in [0.3, 0.4) is 0 Å². The number of ether oxygens (including phenoxy) is 2. The number of fused-ring (bicyclic) bond motifs is 3. The van der Waals surface area contributed by atoms with E-state index < -0.39 is 5.82 Å². The van der Waals surface area contributed by atoms with Gasteiger partial charge < -0.3 is 20.5 Å². The first-order valence-corrected chi connectivity index (χ1v) is 8.95. The van der Waals surface area contributed by atoms with Crippen LogP contribution in [0, 0.1) is 11.7 Å². The molecule has 0 fully saturated rings. The maximum absolute atomic E-state index is 14.8. The molecule has 2 heterocycles. The van der Waals surface area contributed by atoms with E-state index in [0.29, 0.717) is 41.0 Å². The molecule has 6 nitrogen and oxygen atoms in total. The molecular formula is C20H24FN3O3. The van der Waals surface area contributed by atoms with Crippen LogP contribution in [0.4, 0.5) is 10.2 Å². The van der Waals surface area contributed by atoms with Crippen molar-refractivity contribution >= 4 is 11.7 Å². The van der Waals surface area contributed by atoms with Crippen LogP contribution in [-0.2, 0) is 11.4 Å². The number of nitrogens with one attached hydrogen (secondary N) is 1. The number of hydrogen-bond acceptors (Lipinski definition) is 5. The number of carbonyl (C=O) groups excluding carboxylic acids is 1. The maximum atomic E-state index is 14.8. The molecule has 1 amide bonds. The zero-order valence-corrected chi connectivity index (χ0v) is 15.7. The Balaban J connectivity index is 1.85. The van der Waals surface area contributed by atoms with Crippen LogP contribution in [0.25, 0.3) is 11.1 Å². The second-order valence-corrected chi connectivity index (χ2v) is 7.18. The third-order valence-electron chi connectivity index (χ3n) is 4.21. The van der Waals surface area contributed by atoms with Gasteiger partial charge in [0, 0.05) is 42.4 Å². The first kappa shape index (κ1) is 19.1. The van der Waals surface area contributed by atoms with E-state index in [1.54, 1.807) is 18.3 Å². The summed E-state index contributed by atoms with van der Waals surface area (Å²) in [6.07, 6.45) is 2.41. The number of nitrogens with zero attached hydrogens (tertiary/aromatic N) is 1. The molecule has 0 saturated carbocycles. The molecule has 27 heavy (non-hydrogen) atoms. The van der Waals surface area contributed by atoms with Crippen molar-refractivity contribution in [3.8, 4) is 22.6 Å². The van der Waals surface area contributed by atoms with E-state index in [4.69, 9.17) is 15.2 Å². The Morgan fingerprint density at radius 1 is 1.41 bits per heavy atom. The monoisotopic (exact) mass is 373 g/mol. The Labute approximate surface area is 157 Å². The fraction of sp³-hybridized carbons (Fsp3) is 0.400. The van der Waals surface area contributed by atoms with Gasteiger partial charge in [-0.25, -0.2) is 9.37 Å². The number of carbonyl (C=O) groups is 1. The fourth-order valence-electron chi connectivity index (χ4n) is 3.13. The minimum absolute atomic E-state index is 0.114. The molecular weight excluding hydrogens is 349 g/mol. The Morgan fingerprint density at radius 2 is 2.19 bits per heavy atom. The van der Waals surface area contributed by atoms with Crippen LogP contribution < -0.4 is 20.5 Å². The van der Waals surface area contributed by atoms with E-state index in [1.165, 1.54) is 13.0 Å². The van der Waals surface area contributed by atoms with E-state index in [2.05, 4.69) is 24.1 Å². The number of anilines is 1. The normalized spacial score (nSPS) is 13.4. The molecule has 1 unspecified atom stereocenters. The van der Waals surface area contributed by atoms with Gasteiger partial charge in [-0.3, -0.25) is 4.79 Å². The third kappa shape index (κ3) is 4.54. The summed E-state index contributed by atoms with van der Waals surface area (Å²) in [7, 11) is 0. The lowest BCUT2D eigenvalue weighted by atomic mass is 9.97. The first-order chi connectivity index (χ1) is 12.8. The molecule has 144 valence electrons. The molecule has 1 aliphatic rings. The summed E-state index contributed by atoms with van der Waals surface area (Å²) in [4.78, 5) is 15.4. The number of benzene rings is 1. The van der Waals surface area contributed by atoms with Gasteiger partial charge in [0.2, 0.25) is 5.91 Å². The van der Waals surface area contributed by atoms with Crippen LogP contribution in [-0.4, -0.2) is 23.5 Å². The van der Waals surface area contributed by atoms with Crippen molar-refractivity contribution in [3.05, 3.63) is 35.8 Å². The van der Waals surface area contributed by atoms with Gasteiger partial charge in [-0.05, 0) is 18.4 Å². The van der Waals surface area contributed by atoms with Crippen molar-refractivity contribution in [3.63, 3.8) is 0 Å². The highest BCUT2D eigenvalue weighted by Crippen LogP contribution is 2.42. The van der Waals surface area contributed by atoms with Crippen LogP contribution >= 0.6 is 0 Å². The van der Waals surface area contributed by atoms with E-state index in [-0.39, 0.29) is 18.6 Å². The average molecular weight is 373 g/mol. The van der Waals surface area contributed by atoms with Crippen LogP contribution in [0.1, 0.15) is 32.8 Å². The number of nitrogens with two attached hydrogens (primary N) is 1. The highest BCUT2D eigenvalue weighted by molar-refractivity contribution is 5.89. The minimum Gasteiger partial charge on any atom is -0.492 e. The number of halogens is 1. The van der Waals surface area contributed by atoms with Crippen molar-refractivity contribution in [1.82, 2.24) is 4.98 Å². The van der Waals surface area contributed by atoms with Crippen molar-refractivity contribution in [2.24, 2.45) is 11.7 Å². The van der Waals surface area contributed by atoms with Gasteiger partial charge in [0.15, 0.2) is 0 Å². The topological polar surface area (TPSA) is 86.5 Å². The molecule has 0 aliphatic carbocycles. The SMILES string of the molecule is CC(=O)Nc1cc2c(cn1)COc1cc(OCC(N)CC(C)C)cc(F)c1-2. The van der Waals surface area contributed by atoms with Gasteiger partial charge >= 0.3 is 0 Å². The smallest absolute Gasteiger partial charge is 0.222 e. The molecule has 3 N–H and O–H groups in total. The van der Waals surface area contributed by atoms with Gasteiger partial charge in [-0.2, -0.15) is 0 Å². The molecule has 3 rings (SSSR count). The quantitative estimate of drug-likeness (QED) is 0.809. The highest BCUT2D eigenvalue weighted by atomic mass is 19.1. The van der Waals surface area contributed by atoms with E-state index in [9.17, 15) is 9.18 Å². The Morgan fingerprint density at radius 3 is 2.89 bits per heavy atom. The van der Waals surface area contributed by atoms with Gasteiger partial charge in [0.05, 0.1) is 5.56 Å². The molecule has 0 radical (unpaired) electrons. The molecule has 1 aromatic heterocycles. The standard InChI is InChI=1S/C20H24FN3O3/c1-11(2)4-14(22)10-26-15-5-17(21)20-16-7-19(24-12(3)25)23-8-13(16)9-27-18(20)6-15/h5-8,11,14H,4,9-10,22H2,1-3H3,(H,23,24,25). The average Bonchev–Trinajstić information content (AvgIpc) is 2.58. The number of amides is 1. The Hall–Kier alpha value is -2.67. The summed E-state index contributed by atoms with van der Waals surface area (Å²) in [5, 5.41) is 2.61. The molecule has 1 aromatic carbocycles. The lowest BCUT2D eigenvalue weighted by Gasteiger charge is -2.23. The van der Waals surface area contributed by atoms with E-state index in [1.807, 2.05) is 0 Å². The van der Waals surface area contributed by atoms with Crippen molar-refractivity contribution in [2.45, 2.75) is 39.8 Å². The zero-order chi connectivity index (χ0) is 19.6. The molecule has 0 bridgehead atoms. The molecule has 0 saturated heterocycles. The first-order valence-electron chi connectivity index (χ1n) is 8.95. The van der Waals surface area contributed by atoms with Gasteiger partial charge in [0.25, 0.3) is 0 Å². The van der Waals surface area contributed by atoms with Gasteiger partial charge in [-0.15, -0.1) is 0 Å². The lowest BCUT2D eigenvalue weighted by molar-refractivity contribution is -0.114. The van der Waals surface area contributed by atoms with Crippen molar-refractivity contribution < 1.29 is 18.7 Å². The molecule has 2 aromatic rings. The van der Waals surface area contributed by atoms with E-state index in [0.717, 1.165) is 12.0 Å². The van der Waals surface area contributed by atoms with Gasteiger partial charge in [-0.1, -0.05) is 13.8 Å². The maximum Gasteiger partial charge on any atom is 0.222 e. The largest absolute Gasteiger partial charge is 0.492 e. The highest BCUT2D eigenvalue weighted by Gasteiger charge is 2.23. The minimum atomic E-state index is -0.458. The second kappa shape index (κ2) is 7.92. The summed E-state index contributed by atoms with van der Waals surface area (Å²) in [5.41, 5.74) is 7.77. The fourth-order valence-corrected chi connectivity index (χ4v) is 3.13. The number of rotatable bonds is 6. The molecule has 1 aliphatic heterocycles. The Bertz CT molecular complexity index is 855. The number of hydrogen-bond donors (Lipinski definition) is 2. The number of aromatic nitrogens is 1. The summed E-state index contributed by atoms with van der Waals surface area (Å²) in [6.45, 7) is 6.16. The van der Waals surface area contributed by atoms with Crippen molar-refractivity contribution in [2.75, 3.05) is 11.9 Å². The van der Waals surface area contributed by atoms with Crippen LogP contribution in [0.5, 0.6) is 11.5 Å². The lowest BCUT2D eigenvalue weighted by Crippen LogP contribution is -2.29. The molecule has 0 spiro atoms. The third-order valence-corrected chi connectivity index (χ3v) is 4.21. The van der Waals surface area contributed by atoms with Crippen molar-refractivity contribution in [1.29, 1.82) is 0 Å². The number of pyridine rings is 1. The summed E-state index contributed by atoms with van der Waals surface area (Å²) in [5.74, 6) is 0.918. The van der Waals surface area contributed by atoms with Gasteiger partial charge in [0.1, 0.15) is 36.3 Å². The Kier molecular flexibility index (Phi) is 5.60. The predicted octanol–water partition coefficient (Wildman–Crippen LogP) is 3.49. The van der Waals surface area contributed by atoms with E-state index >= 15 is 0 Å². The summed E-state index contributed by atoms with van der Waals surface area (Å²) < 4.78 is 26.2. The predicted molar refractivity (Wildman–Crippen MR) is 101 cm³/mol. The molecule has 7 heteroatoms. The zero-order valence-electron chi connectivity index (χ0n) is 15.7. The molecule has 1 atom stereocenters. The van der Waals surface area contributed by atoms with Crippen LogP contribution in [0.15, 0.2) is 24.4 Å². The second-order valence-electron chi connectivity index (χ2n) is 7.18. The summed E-state index contributed by atoms with van der Waals surface area (Å²) in [6, 6.07) is 4.54. The summed E-state index contributed by atoms with van der Waals surface area (Å²) >= 11 is 0.